The van der Waals surface area contributed by atoms with E-state index in [4.69, 9.17) is 0 Å². The molecule has 25 heavy (non-hydrogen) atoms. The van der Waals surface area contributed by atoms with Crippen LogP contribution in [0.25, 0.3) is 0 Å². The maximum absolute atomic E-state index is 12.2. The number of Topliss-reactive ketones (excluding diaryl/α,β-unsaturated/α-hetero) is 1. The lowest BCUT2D eigenvalue weighted by atomic mass is 9.46. The highest BCUT2D eigenvalue weighted by Gasteiger charge is 2.59. The fraction of sp³-hybridized carbons (Fsp3) is 0.727. The molecule has 6 atom stereocenters. The molecule has 1 N–H and O–H groups in total. The molecule has 0 aromatic carbocycles. The largest absolute Gasteiger partial charge is 0.515 e. The van der Waals surface area contributed by atoms with Gasteiger partial charge in [0, 0.05) is 11.5 Å². The fourth-order valence-electron chi connectivity index (χ4n) is 7.32. The molecular weight excluding hydrogens is 312 g/mol. The Kier molecular flexibility index (Phi) is 3.79. The first-order chi connectivity index (χ1) is 11.8. The van der Waals surface area contributed by atoms with Crippen LogP contribution in [0.15, 0.2) is 23.5 Å². The molecule has 4 rings (SSSR count). The summed E-state index contributed by atoms with van der Waals surface area (Å²) in [7, 11) is 0. The molecule has 3 saturated carbocycles. The predicted octanol–water partition coefficient (Wildman–Crippen LogP) is 4.78. The quantitative estimate of drug-likeness (QED) is 0.551. The van der Waals surface area contributed by atoms with Crippen molar-refractivity contribution in [2.24, 2.45) is 34.5 Å². The van der Waals surface area contributed by atoms with E-state index in [9.17, 15) is 14.7 Å². The molecule has 4 aliphatic carbocycles. The Balaban J connectivity index is 1.69. The number of carbonyl (C=O) groups is 2. The van der Waals surface area contributed by atoms with E-state index in [-0.39, 0.29) is 22.5 Å². The van der Waals surface area contributed by atoms with Gasteiger partial charge in [0.25, 0.3) is 0 Å². The maximum Gasteiger partial charge on any atom is 0.184 e. The van der Waals surface area contributed by atoms with Crippen molar-refractivity contribution in [3.63, 3.8) is 0 Å². The second-order valence-electron chi connectivity index (χ2n) is 9.48. The van der Waals surface area contributed by atoms with Gasteiger partial charge in [0.15, 0.2) is 5.78 Å². The fourth-order valence-corrected chi connectivity index (χ4v) is 7.32. The van der Waals surface area contributed by atoms with E-state index in [2.05, 4.69) is 13.8 Å². The molecule has 0 radical (unpaired) electrons. The van der Waals surface area contributed by atoms with Gasteiger partial charge in [0.05, 0.1) is 6.26 Å². The number of aliphatic hydroxyl groups excluding tert-OH is 1. The highest BCUT2D eigenvalue weighted by atomic mass is 16.2. The molecular formula is C22H30O3. The third-order valence-electron chi connectivity index (χ3n) is 8.56. The van der Waals surface area contributed by atoms with E-state index in [0.29, 0.717) is 35.5 Å². The lowest BCUT2D eigenvalue weighted by Crippen LogP contribution is -2.51. The molecule has 0 spiro atoms. The molecule has 0 aromatic rings. The molecule has 0 unspecified atom stereocenters. The van der Waals surface area contributed by atoms with E-state index >= 15 is 0 Å². The van der Waals surface area contributed by atoms with Crippen molar-refractivity contribution in [3.05, 3.63) is 23.5 Å². The first-order valence-corrected chi connectivity index (χ1v) is 9.90. The minimum atomic E-state index is -0.00779. The van der Waals surface area contributed by atoms with Crippen LogP contribution in [0, 0.1) is 34.5 Å². The summed E-state index contributed by atoms with van der Waals surface area (Å²) in [5.41, 5.74) is 2.04. The summed E-state index contributed by atoms with van der Waals surface area (Å²) < 4.78 is 0. The Morgan fingerprint density at radius 2 is 1.96 bits per heavy atom. The van der Waals surface area contributed by atoms with E-state index in [1.165, 1.54) is 12.0 Å². The molecule has 0 aliphatic heterocycles. The highest BCUT2D eigenvalue weighted by molar-refractivity contribution is 6.05. The molecule has 0 heterocycles. The van der Waals surface area contributed by atoms with Crippen LogP contribution in [0.4, 0.5) is 0 Å². The maximum atomic E-state index is 12.2. The van der Waals surface area contributed by atoms with Crippen molar-refractivity contribution in [1.82, 2.24) is 0 Å². The van der Waals surface area contributed by atoms with Crippen molar-refractivity contribution < 1.29 is 14.7 Å². The monoisotopic (exact) mass is 342 g/mol. The number of hydrogen-bond acceptors (Lipinski definition) is 3. The zero-order valence-corrected chi connectivity index (χ0v) is 15.7. The third kappa shape index (κ3) is 2.23. The summed E-state index contributed by atoms with van der Waals surface area (Å²) in [4.78, 5) is 24.4. The number of fused-ring (bicyclic) bond motifs is 5. The lowest BCUT2D eigenvalue weighted by Gasteiger charge is -2.58. The Morgan fingerprint density at radius 1 is 1.20 bits per heavy atom. The van der Waals surface area contributed by atoms with Crippen molar-refractivity contribution in [3.8, 4) is 0 Å². The third-order valence-corrected chi connectivity index (χ3v) is 8.56. The zero-order valence-electron chi connectivity index (χ0n) is 15.7. The van der Waals surface area contributed by atoms with Crippen LogP contribution >= 0.6 is 0 Å². The predicted molar refractivity (Wildman–Crippen MR) is 97.0 cm³/mol. The summed E-state index contributed by atoms with van der Waals surface area (Å²) in [6, 6.07) is 0. The van der Waals surface area contributed by atoms with Gasteiger partial charge in [0.1, 0.15) is 5.78 Å². The summed E-state index contributed by atoms with van der Waals surface area (Å²) >= 11 is 0. The van der Waals surface area contributed by atoms with E-state index in [1.54, 1.807) is 6.92 Å². The van der Waals surface area contributed by atoms with Crippen LogP contribution < -0.4 is 0 Å². The van der Waals surface area contributed by atoms with Gasteiger partial charge in [-0.2, -0.15) is 0 Å². The lowest BCUT2D eigenvalue weighted by molar-refractivity contribution is -0.128. The molecule has 3 nitrogen and oxygen atoms in total. The summed E-state index contributed by atoms with van der Waals surface area (Å²) in [5, 5.41) is 9.50. The van der Waals surface area contributed by atoms with Crippen molar-refractivity contribution >= 4 is 11.6 Å². The average Bonchev–Trinajstić information content (AvgIpc) is 2.92. The molecule has 136 valence electrons. The highest BCUT2D eigenvalue weighted by Crippen LogP contribution is 2.66. The minimum Gasteiger partial charge on any atom is -0.515 e. The molecule has 4 aliphatic rings. The molecule has 0 saturated heterocycles. The average molecular weight is 342 g/mol. The van der Waals surface area contributed by atoms with Crippen LogP contribution in [-0.2, 0) is 9.59 Å². The van der Waals surface area contributed by atoms with Crippen molar-refractivity contribution in [1.29, 1.82) is 0 Å². The number of aliphatic hydroxyl groups is 1. The van der Waals surface area contributed by atoms with Gasteiger partial charge < -0.3 is 5.11 Å². The first-order valence-electron chi connectivity index (χ1n) is 9.90. The van der Waals surface area contributed by atoms with E-state index in [0.717, 1.165) is 38.4 Å². The van der Waals surface area contributed by atoms with Crippen molar-refractivity contribution in [2.75, 3.05) is 0 Å². The normalized spacial score (nSPS) is 47.7. The number of rotatable bonds is 1. The molecule has 3 heteroatoms. The standard InChI is InChI=1S/C22H30O3/c1-13(24)17-6-7-18-16-5-4-15-10-20(25)14(12-23)11-22(15,3)19(16)8-9-21(17,18)2/h10,12,16-19,23H,4-9,11H2,1-3H3/b14-12-/t16-,17+,18-,19-,21+,22-/m0/s1. The van der Waals surface area contributed by atoms with Crippen LogP contribution in [0.2, 0.25) is 0 Å². The smallest absolute Gasteiger partial charge is 0.184 e. The van der Waals surface area contributed by atoms with Crippen LogP contribution in [0.1, 0.15) is 65.7 Å². The number of carbonyl (C=O) groups excluding carboxylic acids is 2. The summed E-state index contributed by atoms with van der Waals surface area (Å²) in [5.74, 6) is 2.46. The Hall–Kier alpha value is -1.38. The van der Waals surface area contributed by atoms with Crippen molar-refractivity contribution in [2.45, 2.75) is 65.7 Å². The second-order valence-corrected chi connectivity index (χ2v) is 9.48. The topological polar surface area (TPSA) is 54.4 Å². The van der Waals surface area contributed by atoms with Gasteiger partial charge >= 0.3 is 0 Å². The van der Waals surface area contributed by atoms with Gasteiger partial charge in [-0.3, -0.25) is 9.59 Å². The van der Waals surface area contributed by atoms with Gasteiger partial charge in [-0.05, 0) is 86.5 Å². The van der Waals surface area contributed by atoms with Crippen LogP contribution in [0.5, 0.6) is 0 Å². The van der Waals surface area contributed by atoms with Gasteiger partial charge in [-0.15, -0.1) is 0 Å². The zero-order chi connectivity index (χ0) is 18.0. The first kappa shape index (κ1) is 17.1. The Labute approximate surface area is 150 Å². The molecule has 0 aromatic heterocycles. The summed E-state index contributed by atoms with van der Waals surface area (Å²) in [6.07, 6.45) is 10.2. The van der Waals surface area contributed by atoms with E-state index in [1.807, 2.05) is 6.08 Å². The van der Waals surface area contributed by atoms with Gasteiger partial charge in [-0.1, -0.05) is 19.4 Å². The number of allylic oxidation sites excluding steroid dienone is 2. The molecule has 0 bridgehead atoms. The Morgan fingerprint density at radius 3 is 2.64 bits per heavy atom. The second kappa shape index (κ2) is 5.56. The van der Waals surface area contributed by atoms with Crippen LogP contribution in [0.3, 0.4) is 0 Å². The SMILES string of the molecule is CC(=O)[C@H]1CC[C@H]2[C@@H]3CCC4=CC(=O)/C(=C\O)C[C@]4(C)[C@H]3CC[C@]12C. The van der Waals surface area contributed by atoms with Crippen LogP contribution in [-0.4, -0.2) is 16.7 Å². The van der Waals surface area contributed by atoms with E-state index < -0.39 is 0 Å². The van der Waals surface area contributed by atoms with Gasteiger partial charge in [0.2, 0.25) is 0 Å². The number of hydrogen-bond donors (Lipinski definition) is 1. The minimum absolute atomic E-state index is 0.00102. The van der Waals surface area contributed by atoms with Gasteiger partial charge in [-0.25, -0.2) is 0 Å². The molecule has 3 fully saturated rings. The molecule has 0 amide bonds. The Bertz CT molecular complexity index is 687. The number of ketones is 2. The summed E-state index contributed by atoms with van der Waals surface area (Å²) in [6.45, 7) is 6.45.